The summed E-state index contributed by atoms with van der Waals surface area (Å²) in [5.74, 6) is 0.594. The van der Waals surface area contributed by atoms with Crippen molar-refractivity contribution < 1.29 is 4.79 Å². The first-order chi connectivity index (χ1) is 11.1. The predicted octanol–water partition coefficient (Wildman–Crippen LogP) is 3.12. The molecule has 1 aromatic carbocycles. The third-order valence-electron chi connectivity index (χ3n) is 3.41. The summed E-state index contributed by atoms with van der Waals surface area (Å²) < 4.78 is 2.13. The van der Waals surface area contributed by atoms with Crippen molar-refractivity contribution in [2.75, 3.05) is 13.1 Å². The monoisotopic (exact) mass is 328 g/mol. The SMILES string of the molecule is C=CCN(CC=C)C(=O)Cn1c(-c2ccc(C)cc2)n[nH]c1=S. The highest BCUT2D eigenvalue weighted by molar-refractivity contribution is 7.71. The Morgan fingerprint density at radius 2 is 1.91 bits per heavy atom. The van der Waals surface area contributed by atoms with E-state index in [1.54, 1.807) is 21.6 Å². The van der Waals surface area contributed by atoms with Crippen LogP contribution in [-0.4, -0.2) is 38.7 Å². The van der Waals surface area contributed by atoms with Gasteiger partial charge in [0.25, 0.3) is 0 Å². The molecule has 2 rings (SSSR count). The van der Waals surface area contributed by atoms with E-state index in [1.165, 1.54) is 0 Å². The van der Waals surface area contributed by atoms with Crippen molar-refractivity contribution in [1.82, 2.24) is 19.7 Å². The van der Waals surface area contributed by atoms with E-state index in [4.69, 9.17) is 12.2 Å². The zero-order valence-electron chi connectivity index (χ0n) is 13.2. The van der Waals surface area contributed by atoms with Gasteiger partial charge >= 0.3 is 0 Å². The number of hydrogen-bond donors (Lipinski definition) is 1. The van der Waals surface area contributed by atoms with Crippen LogP contribution in [0.5, 0.6) is 0 Å². The molecule has 6 heteroatoms. The number of rotatable bonds is 7. The molecule has 5 nitrogen and oxygen atoms in total. The van der Waals surface area contributed by atoms with E-state index >= 15 is 0 Å². The van der Waals surface area contributed by atoms with Gasteiger partial charge in [-0.25, -0.2) is 0 Å². The molecule has 0 aliphatic carbocycles. The molecule has 0 aliphatic heterocycles. The van der Waals surface area contributed by atoms with Crippen LogP contribution in [0.2, 0.25) is 0 Å². The first-order valence-corrected chi connectivity index (χ1v) is 7.69. The van der Waals surface area contributed by atoms with Crippen molar-refractivity contribution in [3.8, 4) is 11.4 Å². The van der Waals surface area contributed by atoms with Crippen molar-refractivity contribution in [3.63, 3.8) is 0 Å². The molecule has 0 saturated carbocycles. The number of amides is 1. The largest absolute Gasteiger partial charge is 0.334 e. The number of carbonyl (C=O) groups excluding carboxylic acids is 1. The minimum Gasteiger partial charge on any atom is -0.334 e. The van der Waals surface area contributed by atoms with Gasteiger partial charge in [-0.2, -0.15) is 5.10 Å². The molecule has 0 unspecified atom stereocenters. The minimum absolute atomic E-state index is 0.0596. The molecule has 23 heavy (non-hydrogen) atoms. The number of aryl methyl sites for hydroxylation is 1. The Labute approximate surface area is 141 Å². The van der Waals surface area contributed by atoms with E-state index in [2.05, 4.69) is 23.4 Å². The molecule has 120 valence electrons. The van der Waals surface area contributed by atoms with E-state index < -0.39 is 0 Å². The average Bonchev–Trinajstić information content (AvgIpc) is 2.89. The molecule has 0 fully saturated rings. The number of hydrogen-bond acceptors (Lipinski definition) is 3. The predicted molar refractivity (Wildman–Crippen MR) is 94.6 cm³/mol. The smallest absolute Gasteiger partial charge is 0.243 e. The number of aromatic nitrogens is 3. The molecule has 0 spiro atoms. The van der Waals surface area contributed by atoms with Gasteiger partial charge in [0.1, 0.15) is 6.54 Å². The number of carbonyl (C=O) groups is 1. The average molecular weight is 328 g/mol. The molecule has 0 saturated heterocycles. The van der Waals surface area contributed by atoms with Crippen LogP contribution in [0.15, 0.2) is 49.6 Å². The van der Waals surface area contributed by atoms with Crippen molar-refractivity contribution >= 4 is 18.1 Å². The molecular weight excluding hydrogens is 308 g/mol. The van der Waals surface area contributed by atoms with Crippen LogP contribution in [0.4, 0.5) is 0 Å². The summed E-state index contributed by atoms with van der Waals surface area (Å²) in [4.78, 5) is 14.2. The molecule has 1 amide bonds. The molecule has 0 radical (unpaired) electrons. The second-order valence-electron chi connectivity index (χ2n) is 5.18. The first kappa shape index (κ1) is 16.9. The van der Waals surface area contributed by atoms with Crippen LogP contribution in [0, 0.1) is 11.7 Å². The number of nitrogens with zero attached hydrogens (tertiary/aromatic N) is 3. The topological polar surface area (TPSA) is 53.9 Å². The van der Waals surface area contributed by atoms with Crippen LogP contribution < -0.4 is 0 Å². The van der Waals surface area contributed by atoms with Crippen molar-refractivity contribution in [2.24, 2.45) is 0 Å². The van der Waals surface area contributed by atoms with E-state index in [1.807, 2.05) is 31.2 Å². The Balaban J connectivity index is 2.29. The number of aromatic amines is 1. The molecule has 1 heterocycles. The lowest BCUT2D eigenvalue weighted by molar-refractivity contribution is -0.130. The van der Waals surface area contributed by atoms with E-state index in [0.29, 0.717) is 23.7 Å². The van der Waals surface area contributed by atoms with Gasteiger partial charge in [-0.15, -0.1) is 13.2 Å². The molecule has 0 atom stereocenters. The van der Waals surface area contributed by atoms with Crippen LogP contribution in [0.25, 0.3) is 11.4 Å². The second kappa shape index (κ2) is 7.69. The van der Waals surface area contributed by atoms with Crippen molar-refractivity contribution in [3.05, 3.63) is 59.9 Å². The van der Waals surface area contributed by atoms with Gasteiger partial charge in [-0.3, -0.25) is 14.5 Å². The summed E-state index contributed by atoms with van der Waals surface area (Å²) in [6.07, 6.45) is 3.38. The van der Waals surface area contributed by atoms with Crippen LogP contribution in [0.3, 0.4) is 0 Å². The Kier molecular flexibility index (Phi) is 5.65. The summed E-state index contributed by atoms with van der Waals surface area (Å²) in [7, 11) is 0. The third kappa shape index (κ3) is 4.04. The van der Waals surface area contributed by atoms with Crippen molar-refractivity contribution in [1.29, 1.82) is 0 Å². The number of H-pyrrole nitrogens is 1. The molecule has 1 N–H and O–H groups in total. The van der Waals surface area contributed by atoms with Gasteiger partial charge in [0.2, 0.25) is 5.91 Å². The standard InChI is InChI=1S/C17H20N4OS/c1-4-10-20(11-5-2)15(22)12-21-16(18-19-17(21)23)14-8-6-13(3)7-9-14/h4-9H,1-2,10-12H2,3H3,(H,19,23). The number of benzene rings is 1. The summed E-state index contributed by atoms with van der Waals surface area (Å²) in [5.41, 5.74) is 2.07. The van der Waals surface area contributed by atoms with E-state index in [0.717, 1.165) is 11.1 Å². The highest BCUT2D eigenvalue weighted by Gasteiger charge is 2.16. The quantitative estimate of drug-likeness (QED) is 0.627. The maximum atomic E-state index is 12.5. The lowest BCUT2D eigenvalue weighted by atomic mass is 10.1. The fraction of sp³-hybridized carbons (Fsp3) is 0.235. The summed E-state index contributed by atoms with van der Waals surface area (Å²) in [5, 5.41) is 7.02. The highest BCUT2D eigenvalue weighted by Crippen LogP contribution is 2.18. The lowest BCUT2D eigenvalue weighted by Crippen LogP contribution is -2.34. The van der Waals surface area contributed by atoms with Crippen LogP contribution in [-0.2, 0) is 11.3 Å². The first-order valence-electron chi connectivity index (χ1n) is 7.28. The number of nitrogens with one attached hydrogen (secondary N) is 1. The Morgan fingerprint density at radius 1 is 1.30 bits per heavy atom. The lowest BCUT2D eigenvalue weighted by Gasteiger charge is -2.19. The van der Waals surface area contributed by atoms with Crippen LogP contribution in [0.1, 0.15) is 5.56 Å². The van der Waals surface area contributed by atoms with Gasteiger partial charge in [0, 0.05) is 18.7 Å². The van der Waals surface area contributed by atoms with Crippen molar-refractivity contribution in [2.45, 2.75) is 13.5 Å². The zero-order chi connectivity index (χ0) is 16.8. The minimum atomic E-state index is -0.0596. The molecule has 0 aliphatic rings. The fourth-order valence-corrected chi connectivity index (χ4v) is 2.41. The van der Waals surface area contributed by atoms with Gasteiger partial charge in [-0.05, 0) is 19.1 Å². The normalized spacial score (nSPS) is 10.3. The summed E-state index contributed by atoms with van der Waals surface area (Å²) in [6.45, 7) is 10.4. The van der Waals surface area contributed by atoms with Gasteiger partial charge in [0.05, 0.1) is 0 Å². The summed E-state index contributed by atoms with van der Waals surface area (Å²) in [6, 6.07) is 7.93. The maximum Gasteiger partial charge on any atom is 0.243 e. The van der Waals surface area contributed by atoms with E-state index in [9.17, 15) is 4.79 Å². The Bertz CT molecular complexity index is 748. The van der Waals surface area contributed by atoms with Crippen LogP contribution >= 0.6 is 12.2 Å². The molecule has 1 aromatic heterocycles. The molecular formula is C17H20N4OS. The highest BCUT2D eigenvalue weighted by atomic mass is 32.1. The summed E-state index contributed by atoms with van der Waals surface area (Å²) >= 11 is 5.27. The van der Waals surface area contributed by atoms with Gasteiger partial charge < -0.3 is 4.90 Å². The zero-order valence-corrected chi connectivity index (χ0v) is 14.0. The Morgan fingerprint density at radius 3 is 2.48 bits per heavy atom. The Hall–Kier alpha value is -2.47. The molecule has 0 bridgehead atoms. The van der Waals surface area contributed by atoms with E-state index in [-0.39, 0.29) is 12.5 Å². The van der Waals surface area contributed by atoms with Gasteiger partial charge in [0.15, 0.2) is 10.6 Å². The maximum absolute atomic E-state index is 12.5. The molecule has 2 aromatic rings. The third-order valence-corrected chi connectivity index (χ3v) is 3.72. The fourth-order valence-electron chi connectivity index (χ4n) is 2.21. The second-order valence-corrected chi connectivity index (χ2v) is 5.57. The van der Waals surface area contributed by atoms with Gasteiger partial charge in [-0.1, -0.05) is 42.0 Å².